The Morgan fingerprint density at radius 1 is 1.13 bits per heavy atom. The Kier molecular flexibility index (Phi) is 7.44. The second-order valence-corrected chi connectivity index (χ2v) is 7.86. The number of nitrogens with zero attached hydrogens (tertiary/aromatic N) is 1. The Labute approximate surface area is 177 Å². The Bertz CT molecular complexity index is 863. The average Bonchev–Trinajstić information content (AvgIpc) is 3.25. The van der Waals surface area contributed by atoms with E-state index in [0.717, 1.165) is 36.8 Å². The van der Waals surface area contributed by atoms with Gasteiger partial charge in [-0.1, -0.05) is 37.1 Å². The van der Waals surface area contributed by atoms with Crippen molar-refractivity contribution in [1.82, 2.24) is 10.2 Å². The molecule has 2 amide bonds. The molecular formula is C24H29FN2O3. The van der Waals surface area contributed by atoms with Crippen LogP contribution in [0.25, 0.3) is 0 Å². The standard InChI is InChI=1S/C24H29FN2O3/c1-17-7-3-4-8-19(17)15-27(18(2)24(29)26-21-9-5-6-10-21)23(28)16-30-22-13-11-20(25)12-14-22/h3-4,7-8,11-14,18,21H,5-6,9-10,15-16H2,1-2H3,(H,26,29)/t18-/m0/s1. The van der Waals surface area contributed by atoms with Crippen LogP contribution in [0.2, 0.25) is 0 Å². The highest BCUT2D eigenvalue weighted by Gasteiger charge is 2.29. The summed E-state index contributed by atoms with van der Waals surface area (Å²) in [5, 5.41) is 3.08. The van der Waals surface area contributed by atoms with Crippen molar-refractivity contribution >= 4 is 11.8 Å². The van der Waals surface area contributed by atoms with Gasteiger partial charge in [0.15, 0.2) is 6.61 Å². The second kappa shape index (κ2) is 10.2. The zero-order valence-electron chi connectivity index (χ0n) is 17.6. The molecule has 1 atom stereocenters. The van der Waals surface area contributed by atoms with Gasteiger partial charge in [0, 0.05) is 12.6 Å². The van der Waals surface area contributed by atoms with E-state index in [0.29, 0.717) is 12.3 Å². The van der Waals surface area contributed by atoms with Gasteiger partial charge in [0.05, 0.1) is 0 Å². The highest BCUT2D eigenvalue weighted by atomic mass is 19.1. The molecule has 160 valence electrons. The third-order valence-corrected chi connectivity index (χ3v) is 5.65. The van der Waals surface area contributed by atoms with Crippen LogP contribution in [0.15, 0.2) is 48.5 Å². The molecule has 0 aliphatic heterocycles. The highest BCUT2D eigenvalue weighted by Crippen LogP contribution is 2.19. The zero-order valence-corrected chi connectivity index (χ0v) is 17.6. The van der Waals surface area contributed by atoms with Gasteiger partial charge in [-0.05, 0) is 62.1 Å². The van der Waals surface area contributed by atoms with Crippen molar-refractivity contribution in [3.8, 4) is 5.75 Å². The van der Waals surface area contributed by atoms with E-state index in [1.165, 1.54) is 24.3 Å². The fraction of sp³-hybridized carbons (Fsp3) is 0.417. The minimum Gasteiger partial charge on any atom is -0.484 e. The minimum absolute atomic E-state index is 0.148. The third-order valence-electron chi connectivity index (χ3n) is 5.65. The fourth-order valence-electron chi connectivity index (χ4n) is 3.70. The van der Waals surface area contributed by atoms with Crippen molar-refractivity contribution in [3.63, 3.8) is 0 Å². The SMILES string of the molecule is Cc1ccccc1CN(C(=O)COc1ccc(F)cc1)[C@@H](C)C(=O)NC1CCCC1. The largest absolute Gasteiger partial charge is 0.484 e. The first-order valence-corrected chi connectivity index (χ1v) is 10.5. The molecule has 1 aliphatic carbocycles. The van der Waals surface area contributed by atoms with E-state index in [4.69, 9.17) is 4.74 Å². The molecule has 2 aromatic rings. The van der Waals surface area contributed by atoms with Crippen LogP contribution in [0, 0.1) is 12.7 Å². The number of rotatable bonds is 8. The van der Waals surface area contributed by atoms with Crippen LogP contribution in [0.1, 0.15) is 43.7 Å². The summed E-state index contributed by atoms with van der Waals surface area (Å²) in [5.41, 5.74) is 2.03. The van der Waals surface area contributed by atoms with Crippen LogP contribution >= 0.6 is 0 Å². The van der Waals surface area contributed by atoms with Crippen molar-refractivity contribution in [3.05, 3.63) is 65.5 Å². The molecule has 1 fully saturated rings. The molecule has 2 aromatic carbocycles. The highest BCUT2D eigenvalue weighted by molar-refractivity contribution is 5.88. The maximum Gasteiger partial charge on any atom is 0.261 e. The number of aryl methyl sites for hydroxylation is 1. The molecular weight excluding hydrogens is 383 g/mol. The summed E-state index contributed by atoms with van der Waals surface area (Å²) in [7, 11) is 0. The predicted molar refractivity (Wildman–Crippen MR) is 113 cm³/mol. The molecule has 6 heteroatoms. The maximum atomic E-state index is 13.1. The predicted octanol–water partition coefficient (Wildman–Crippen LogP) is 3.99. The molecule has 1 aliphatic rings. The normalized spacial score (nSPS) is 14.9. The van der Waals surface area contributed by atoms with Crippen LogP contribution in [0.3, 0.4) is 0 Å². The van der Waals surface area contributed by atoms with E-state index in [1.54, 1.807) is 11.8 Å². The maximum absolute atomic E-state index is 13.1. The Balaban J connectivity index is 1.71. The van der Waals surface area contributed by atoms with Gasteiger partial charge < -0.3 is 15.0 Å². The average molecular weight is 413 g/mol. The molecule has 3 rings (SSSR count). The molecule has 0 bridgehead atoms. The lowest BCUT2D eigenvalue weighted by Gasteiger charge is -2.30. The van der Waals surface area contributed by atoms with Gasteiger partial charge in [-0.25, -0.2) is 4.39 Å². The van der Waals surface area contributed by atoms with Crippen molar-refractivity contribution in [1.29, 1.82) is 0 Å². The number of halogens is 1. The summed E-state index contributed by atoms with van der Waals surface area (Å²) in [6.45, 7) is 3.82. The number of nitrogens with one attached hydrogen (secondary N) is 1. The first-order valence-electron chi connectivity index (χ1n) is 10.5. The summed E-state index contributed by atoms with van der Waals surface area (Å²) in [5.74, 6) is -0.405. The van der Waals surface area contributed by atoms with E-state index in [9.17, 15) is 14.0 Å². The second-order valence-electron chi connectivity index (χ2n) is 7.86. The lowest BCUT2D eigenvalue weighted by molar-refractivity contribution is -0.142. The lowest BCUT2D eigenvalue weighted by Crippen LogP contribution is -2.50. The summed E-state index contributed by atoms with van der Waals surface area (Å²) in [4.78, 5) is 27.4. The van der Waals surface area contributed by atoms with Crippen molar-refractivity contribution in [2.75, 3.05) is 6.61 Å². The van der Waals surface area contributed by atoms with Gasteiger partial charge in [0.1, 0.15) is 17.6 Å². The van der Waals surface area contributed by atoms with Crippen LogP contribution < -0.4 is 10.1 Å². The van der Waals surface area contributed by atoms with E-state index >= 15 is 0 Å². The first kappa shape index (κ1) is 21.8. The summed E-state index contributed by atoms with van der Waals surface area (Å²) < 4.78 is 18.6. The van der Waals surface area contributed by atoms with Crippen LogP contribution in [0.4, 0.5) is 4.39 Å². The Hall–Kier alpha value is -2.89. The number of carbonyl (C=O) groups is 2. The number of amides is 2. The van der Waals surface area contributed by atoms with E-state index in [-0.39, 0.29) is 30.3 Å². The number of ether oxygens (including phenoxy) is 1. The smallest absolute Gasteiger partial charge is 0.261 e. The van der Waals surface area contributed by atoms with Gasteiger partial charge in [0.25, 0.3) is 5.91 Å². The first-order chi connectivity index (χ1) is 14.4. The summed E-state index contributed by atoms with van der Waals surface area (Å²) in [6, 6.07) is 12.9. The molecule has 0 unspecified atom stereocenters. The Morgan fingerprint density at radius 2 is 1.80 bits per heavy atom. The molecule has 0 spiro atoms. The van der Waals surface area contributed by atoms with Crippen molar-refractivity contribution in [2.45, 2.75) is 58.2 Å². The van der Waals surface area contributed by atoms with Crippen molar-refractivity contribution < 1.29 is 18.7 Å². The zero-order chi connectivity index (χ0) is 21.5. The fourth-order valence-corrected chi connectivity index (χ4v) is 3.70. The number of benzene rings is 2. The van der Waals surface area contributed by atoms with Gasteiger partial charge in [-0.3, -0.25) is 9.59 Å². The molecule has 0 saturated heterocycles. The van der Waals surface area contributed by atoms with E-state index < -0.39 is 6.04 Å². The monoisotopic (exact) mass is 412 g/mol. The van der Waals surface area contributed by atoms with E-state index in [2.05, 4.69) is 5.32 Å². The third kappa shape index (κ3) is 5.81. The van der Waals surface area contributed by atoms with Gasteiger partial charge >= 0.3 is 0 Å². The minimum atomic E-state index is -0.630. The van der Waals surface area contributed by atoms with E-state index in [1.807, 2.05) is 31.2 Å². The van der Waals surface area contributed by atoms with Crippen LogP contribution in [-0.2, 0) is 16.1 Å². The quantitative estimate of drug-likeness (QED) is 0.713. The number of hydrogen-bond acceptors (Lipinski definition) is 3. The molecule has 1 saturated carbocycles. The summed E-state index contributed by atoms with van der Waals surface area (Å²) in [6.07, 6.45) is 4.21. The Morgan fingerprint density at radius 3 is 2.47 bits per heavy atom. The molecule has 0 radical (unpaired) electrons. The molecule has 30 heavy (non-hydrogen) atoms. The topological polar surface area (TPSA) is 58.6 Å². The van der Waals surface area contributed by atoms with Crippen LogP contribution in [0.5, 0.6) is 5.75 Å². The van der Waals surface area contributed by atoms with Crippen LogP contribution in [-0.4, -0.2) is 35.4 Å². The summed E-state index contributed by atoms with van der Waals surface area (Å²) >= 11 is 0. The molecule has 0 aromatic heterocycles. The van der Waals surface area contributed by atoms with Gasteiger partial charge in [-0.15, -0.1) is 0 Å². The molecule has 5 nitrogen and oxygen atoms in total. The van der Waals surface area contributed by atoms with Gasteiger partial charge in [0.2, 0.25) is 5.91 Å². The molecule has 1 N–H and O–H groups in total. The number of carbonyl (C=O) groups excluding carboxylic acids is 2. The lowest BCUT2D eigenvalue weighted by atomic mass is 10.1. The molecule has 0 heterocycles. The number of hydrogen-bond donors (Lipinski definition) is 1. The van der Waals surface area contributed by atoms with Crippen molar-refractivity contribution in [2.24, 2.45) is 0 Å². The van der Waals surface area contributed by atoms with Gasteiger partial charge in [-0.2, -0.15) is 0 Å².